The second kappa shape index (κ2) is 7.90. The lowest BCUT2D eigenvalue weighted by Gasteiger charge is -2.21. The molecule has 3 aromatic rings. The van der Waals surface area contributed by atoms with E-state index in [1.807, 2.05) is 41.4 Å². The monoisotopic (exact) mass is 345 g/mol. The molecule has 0 N–H and O–H groups in total. The molecule has 3 aromatic heterocycles. The number of hydrogen-bond donors (Lipinski definition) is 0. The van der Waals surface area contributed by atoms with Gasteiger partial charge < -0.3 is 4.57 Å². The molecule has 0 spiro atoms. The normalized spacial score (nSPS) is 11.4. The van der Waals surface area contributed by atoms with Crippen LogP contribution in [0.15, 0.2) is 43.0 Å². The van der Waals surface area contributed by atoms with Crippen molar-refractivity contribution in [3.8, 4) is 0 Å². The molecule has 3 rings (SSSR count). The number of imidazole rings is 1. The van der Waals surface area contributed by atoms with E-state index in [2.05, 4.69) is 52.6 Å². The summed E-state index contributed by atoms with van der Waals surface area (Å²) >= 11 is 3.82. The van der Waals surface area contributed by atoms with Crippen LogP contribution in [0.1, 0.15) is 25.9 Å². The second-order valence-electron chi connectivity index (χ2n) is 5.89. The lowest BCUT2D eigenvalue weighted by molar-refractivity contribution is 0.253. The molecule has 23 heavy (non-hydrogen) atoms. The van der Waals surface area contributed by atoms with Crippen LogP contribution in [-0.4, -0.2) is 21.0 Å². The van der Waals surface area contributed by atoms with Crippen LogP contribution in [-0.2, 0) is 19.6 Å². The molecule has 5 heteroatoms. The third-order valence-corrected chi connectivity index (χ3v) is 5.77. The van der Waals surface area contributed by atoms with E-state index in [0.717, 1.165) is 32.6 Å². The van der Waals surface area contributed by atoms with Gasteiger partial charge in [0, 0.05) is 58.1 Å². The van der Waals surface area contributed by atoms with Crippen LogP contribution in [0.4, 0.5) is 0 Å². The molecule has 3 nitrogen and oxygen atoms in total. The van der Waals surface area contributed by atoms with E-state index in [1.165, 1.54) is 19.5 Å². The van der Waals surface area contributed by atoms with Gasteiger partial charge in [0.15, 0.2) is 0 Å². The summed E-state index contributed by atoms with van der Waals surface area (Å²) in [6.07, 6.45) is 6.93. The standard InChI is InChI=1S/C18H23N3S2/c1-15-4-6-17(22-15)12-21(13-18-7-5-16(2)23-18)10-3-9-20-11-8-19-14-20/h4-8,11,14H,3,9-10,12-13H2,1-2H3. The van der Waals surface area contributed by atoms with Crippen molar-refractivity contribution in [1.29, 1.82) is 0 Å². The summed E-state index contributed by atoms with van der Waals surface area (Å²) in [5, 5.41) is 0. The highest BCUT2D eigenvalue weighted by Gasteiger charge is 2.10. The minimum Gasteiger partial charge on any atom is -0.337 e. The zero-order valence-electron chi connectivity index (χ0n) is 13.7. The average molecular weight is 346 g/mol. The maximum Gasteiger partial charge on any atom is 0.0945 e. The molecule has 0 radical (unpaired) electrons. The molecule has 0 unspecified atom stereocenters. The van der Waals surface area contributed by atoms with Gasteiger partial charge in [-0.3, -0.25) is 4.90 Å². The van der Waals surface area contributed by atoms with E-state index in [0.29, 0.717) is 0 Å². The Morgan fingerprint density at radius 3 is 2.13 bits per heavy atom. The van der Waals surface area contributed by atoms with E-state index in [-0.39, 0.29) is 0 Å². The van der Waals surface area contributed by atoms with Gasteiger partial charge in [-0.25, -0.2) is 4.98 Å². The van der Waals surface area contributed by atoms with Gasteiger partial charge in [0.25, 0.3) is 0 Å². The highest BCUT2D eigenvalue weighted by atomic mass is 32.1. The quantitative estimate of drug-likeness (QED) is 0.589. The van der Waals surface area contributed by atoms with Gasteiger partial charge in [-0.05, 0) is 44.5 Å². The largest absolute Gasteiger partial charge is 0.337 e. The molecule has 3 heterocycles. The lowest BCUT2D eigenvalue weighted by Crippen LogP contribution is -2.24. The Bertz CT molecular complexity index is 670. The fraction of sp³-hybridized carbons (Fsp3) is 0.389. The fourth-order valence-electron chi connectivity index (χ4n) is 2.69. The Hall–Kier alpha value is -1.43. The summed E-state index contributed by atoms with van der Waals surface area (Å²) in [6, 6.07) is 8.98. The molecule has 0 aliphatic heterocycles. The Kier molecular flexibility index (Phi) is 5.65. The van der Waals surface area contributed by atoms with Crippen molar-refractivity contribution in [1.82, 2.24) is 14.5 Å². The number of aromatic nitrogens is 2. The van der Waals surface area contributed by atoms with Crippen molar-refractivity contribution in [2.24, 2.45) is 0 Å². The van der Waals surface area contributed by atoms with Crippen LogP contribution in [0.5, 0.6) is 0 Å². The van der Waals surface area contributed by atoms with E-state index < -0.39 is 0 Å². The van der Waals surface area contributed by atoms with Crippen molar-refractivity contribution < 1.29 is 0 Å². The molecule has 0 fully saturated rings. The summed E-state index contributed by atoms with van der Waals surface area (Å²) in [5.74, 6) is 0. The molecule has 0 bridgehead atoms. The summed E-state index contributed by atoms with van der Waals surface area (Å²) in [5.41, 5.74) is 0. The van der Waals surface area contributed by atoms with Crippen LogP contribution < -0.4 is 0 Å². The average Bonchev–Trinajstić information content (AvgIpc) is 3.23. The summed E-state index contributed by atoms with van der Waals surface area (Å²) in [7, 11) is 0. The van der Waals surface area contributed by atoms with Gasteiger partial charge in [-0.1, -0.05) is 0 Å². The molecule has 0 saturated heterocycles. The van der Waals surface area contributed by atoms with Gasteiger partial charge in [0.05, 0.1) is 6.33 Å². The SMILES string of the molecule is Cc1ccc(CN(CCCn2ccnc2)Cc2ccc(C)s2)s1. The lowest BCUT2D eigenvalue weighted by atomic mass is 10.3. The number of rotatable bonds is 8. The molecule has 0 amide bonds. The molecule has 0 aliphatic rings. The van der Waals surface area contributed by atoms with Crippen LogP contribution in [0, 0.1) is 13.8 Å². The highest BCUT2D eigenvalue weighted by molar-refractivity contribution is 7.12. The van der Waals surface area contributed by atoms with Crippen LogP contribution in [0.3, 0.4) is 0 Å². The smallest absolute Gasteiger partial charge is 0.0945 e. The maximum absolute atomic E-state index is 4.11. The van der Waals surface area contributed by atoms with Gasteiger partial charge in [-0.15, -0.1) is 22.7 Å². The third kappa shape index (κ3) is 5.03. The van der Waals surface area contributed by atoms with E-state index in [9.17, 15) is 0 Å². The van der Waals surface area contributed by atoms with Crippen LogP contribution in [0.25, 0.3) is 0 Å². The van der Waals surface area contributed by atoms with Crippen molar-refractivity contribution in [3.63, 3.8) is 0 Å². The Morgan fingerprint density at radius 2 is 1.65 bits per heavy atom. The minimum absolute atomic E-state index is 1.03. The van der Waals surface area contributed by atoms with Crippen molar-refractivity contribution in [3.05, 3.63) is 62.5 Å². The van der Waals surface area contributed by atoms with Gasteiger partial charge in [0.1, 0.15) is 0 Å². The summed E-state index contributed by atoms with van der Waals surface area (Å²) in [4.78, 5) is 12.4. The van der Waals surface area contributed by atoms with E-state index in [1.54, 1.807) is 0 Å². The van der Waals surface area contributed by atoms with Gasteiger partial charge in [0.2, 0.25) is 0 Å². The fourth-order valence-corrected chi connectivity index (χ4v) is 4.56. The van der Waals surface area contributed by atoms with Crippen molar-refractivity contribution in [2.75, 3.05) is 6.54 Å². The highest BCUT2D eigenvalue weighted by Crippen LogP contribution is 2.21. The zero-order valence-corrected chi connectivity index (χ0v) is 15.4. The molecule has 0 atom stereocenters. The Balaban J connectivity index is 1.59. The minimum atomic E-state index is 1.03. The van der Waals surface area contributed by atoms with Crippen molar-refractivity contribution in [2.45, 2.75) is 39.9 Å². The van der Waals surface area contributed by atoms with Crippen LogP contribution in [0.2, 0.25) is 0 Å². The predicted molar refractivity (Wildman–Crippen MR) is 99.1 cm³/mol. The summed E-state index contributed by atoms with van der Waals surface area (Å²) in [6.45, 7) is 8.58. The molecule has 0 saturated carbocycles. The second-order valence-corrected chi connectivity index (χ2v) is 8.63. The predicted octanol–water partition coefficient (Wildman–Crippen LogP) is 4.72. The Morgan fingerprint density at radius 1 is 1.00 bits per heavy atom. The first-order chi connectivity index (χ1) is 11.2. The first-order valence-electron chi connectivity index (χ1n) is 7.98. The number of nitrogens with zero attached hydrogens (tertiary/aromatic N) is 3. The third-order valence-electron chi connectivity index (χ3n) is 3.80. The zero-order chi connectivity index (χ0) is 16.1. The van der Waals surface area contributed by atoms with Crippen molar-refractivity contribution >= 4 is 22.7 Å². The summed E-state index contributed by atoms with van der Waals surface area (Å²) < 4.78 is 2.16. The molecule has 0 aliphatic carbocycles. The number of thiophene rings is 2. The molecular formula is C18H23N3S2. The number of hydrogen-bond acceptors (Lipinski definition) is 4. The molecule has 122 valence electrons. The molecule has 0 aromatic carbocycles. The maximum atomic E-state index is 4.11. The van der Waals surface area contributed by atoms with E-state index in [4.69, 9.17) is 0 Å². The van der Waals surface area contributed by atoms with Gasteiger partial charge in [-0.2, -0.15) is 0 Å². The molecular weight excluding hydrogens is 322 g/mol. The topological polar surface area (TPSA) is 21.1 Å². The first-order valence-corrected chi connectivity index (χ1v) is 9.61. The number of aryl methyl sites for hydroxylation is 3. The van der Waals surface area contributed by atoms with E-state index >= 15 is 0 Å². The van der Waals surface area contributed by atoms with Gasteiger partial charge >= 0.3 is 0 Å². The first kappa shape index (κ1) is 16.4. The Labute approximate surface area is 146 Å². The van der Waals surface area contributed by atoms with Crippen LogP contribution >= 0.6 is 22.7 Å².